The van der Waals surface area contributed by atoms with E-state index < -0.39 is 11.9 Å². The van der Waals surface area contributed by atoms with E-state index in [2.05, 4.69) is 0 Å². The summed E-state index contributed by atoms with van der Waals surface area (Å²) in [5.41, 5.74) is 1.92. The number of hydrogen-bond acceptors (Lipinski definition) is 4. The molecule has 0 fully saturated rings. The Morgan fingerprint density at radius 2 is 0.885 bits per heavy atom. The average molecular weight is 366 g/mol. The van der Waals surface area contributed by atoms with Crippen LogP contribution >= 0.6 is 0 Å². The van der Waals surface area contributed by atoms with Crippen LogP contribution in [-0.2, 0) is 22.4 Å². The first kappa shape index (κ1) is 23.2. The van der Waals surface area contributed by atoms with E-state index in [0.29, 0.717) is 12.8 Å². The summed E-state index contributed by atoms with van der Waals surface area (Å²) < 4.78 is 0. The molecule has 3 aromatic rings. The molecule has 0 aliphatic heterocycles. The van der Waals surface area contributed by atoms with E-state index in [1.165, 1.54) is 0 Å². The van der Waals surface area contributed by atoms with Crippen LogP contribution in [0, 0.1) is 0 Å². The quantitative estimate of drug-likeness (QED) is 0.325. The molecule has 0 unspecified atom stereocenters. The van der Waals surface area contributed by atoms with Crippen LogP contribution in [-0.4, -0.2) is 11.9 Å². The molecule has 0 aliphatic rings. The van der Waals surface area contributed by atoms with Crippen molar-refractivity contribution in [3.05, 3.63) is 59.7 Å². The van der Waals surface area contributed by atoms with Gasteiger partial charge < -0.3 is 19.8 Å². The molecule has 0 heterocycles. The Hall–Kier alpha value is -0.880. The molecule has 122 valence electrons. The molecule has 0 bridgehead atoms. The molecule has 6 heteroatoms. The van der Waals surface area contributed by atoms with Crippen LogP contribution in [0.1, 0.15) is 24.0 Å². The molecule has 3 aromatic carbocycles. The minimum absolute atomic E-state index is 0. The van der Waals surface area contributed by atoms with Gasteiger partial charge in [0.15, 0.2) is 0 Å². The van der Waals surface area contributed by atoms with E-state index in [-0.39, 0.29) is 72.0 Å². The van der Waals surface area contributed by atoms with Gasteiger partial charge in [-0.1, -0.05) is 48.5 Å². The van der Waals surface area contributed by atoms with Crippen molar-refractivity contribution in [1.29, 1.82) is 0 Å². The number of fused-ring (bicyclic) bond motifs is 2. The van der Waals surface area contributed by atoms with Crippen molar-refractivity contribution in [3.63, 3.8) is 0 Å². The predicted octanol–water partition coefficient (Wildman–Crippen LogP) is -4.63. The Morgan fingerprint density at radius 3 is 1.12 bits per heavy atom. The summed E-state index contributed by atoms with van der Waals surface area (Å²) in [5.74, 6) is -2.16. The van der Waals surface area contributed by atoms with Gasteiger partial charge in [0, 0.05) is 11.9 Å². The van der Waals surface area contributed by atoms with Gasteiger partial charge in [0.2, 0.25) is 0 Å². The van der Waals surface area contributed by atoms with Crippen LogP contribution in [0.2, 0.25) is 0 Å². The summed E-state index contributed by atoms with van der Waals surface area (Å²) in [6, 6.07) is 15.4. The fourth-order valence-electron chi connectivity index (χ4n) is 3.30. The Morgan fingerprint density at radius 1 is 0.615 bits per heavy atom. The van der Waals surface area contributed by atoms with Crippen molar-refractivity contribution in [2.75, 3.05) is 0 Å². The fourth-order valence-corrected chi connectivity index (χ4v) is 3.30. The Kier molecular flexibility index (Phi) is 9.31. The molecule has 0 spiro atoms. The molecule has 26 heavy (non-hydrogen) atoms. The summed E-state index contributed by atoms with van der Waals surface area (Å²) in [6.07, 6.45) is 0.660. The second-order valence-electron chi connectivity index (χ2n) is 5.79. The molecule has 0 aliphatic carbocycles. The van der Waals surface area contributed by atoms with Crippen molar-refractivity contribution >= 4 is 33.5 Å². The van der Waals surface area contributed by atoms with Crippen LogP contribution in [0.5, 0.6) is 0 Å². The number of carbonyl (C=O) groups excluding carboxylic acids is 2. The summed E-state index contributed by atoms with van der Waals surface area (Å²) in [4.78, 5) is 21.8. The number of carboxylic acids is 2. The molecular formula is C20H16Na2O4. The second kappa shape index (κ2) is 10.5. The zero-order valence-electron chi connectivity index (χ0n) is 15.1. The maximum atomic E-state index is 10.9. The van der Waals surface area contributed by atoms with Gasteiger partial charge in [-0.25, -0.2) is 0 Å². The van der Waals surface area contributed by atoms with Gasteiger partial charge in [-0.05, 0) is 58.4 Å². The summed E-state index contributed by atoms with van der Waals surface area (Å²) in [7, 11) is 0. The van der Waals surface area contributed by atoms with Gasteiger partial charge in [-0.15, -0.1) is 0 Å². The standard InChI is InChI=1S/C20H18O4.2Na/c21-19(22)11-9-17-13-5-1-2-6-14(13)18(10-12-20(23)24)16-8-4-3-7-15(16)17;;/h1-8H,9-12H2,(H,21,22)(H,23,24);;/q;2*+1/p-2. The summed E-state index contributed by atoms with van der Waals surface area (Å²) >= 11 is 0. The van der Waals surface area contributed by atoms with Crippen molar-refractivity contribution in [2.45, 2.75) is 25.7 Å². The van der Waals surface area contributed by atoms with E-state index in [1.807, 2.05) is 48.5 Å². The number of carbonyl (C=O) groups is 2. The first-order chi connectivity index (χ1) is 11.6. The predicted molar refractivity (Wildman–Crippen MR) is 88.1 cm³/mol. The number of aryl methyl sites for hydroxylation is 2. The average Bonchev–Trinajstić information content (AvgIpc) is 2.57. The second-order valence-corrected chi connectivity index (χ2v) is 5.79. The fraction of sp³-hybridized carbons (Fsp3) is 0.200. The molecular weight excluding hydrogens is 350 g/mol. The van der Waals surface area contributed by atoms with Crippen LogP contribution in [0.3, 0.4) is 0 Å². The minimum Gasteiger partial charge on any atom is -0.550 e. The number of aliphatic carboxylic acids is 2. The van der Waals surface area contributed by atoms with E-state index in [1.54, 1.807) is 0 Å². The number of carboxylic acid groups (broad SMARTS) is 2. The molecule has 0 saturated heterocycles. The summed E-state index contributed by atoms with van der Waals surface area (Å²) in [6.45, 7) is 0. The largest absolute Gasteiger partial charge is 1.00 e. The van der Waals surface area contributed by atoms with Crippen LogP contribution in [0.25, 0.3) is 21.5 Å². The van der Waals surface area contributed by atoms with Crippen LogP contribution in [0.4, 0.5) is 0 Å². The maximum Gasteiger partial charge on any atom is 1.00 e. The molecule has 0 amide bonds. The van der Waals surface area contributed by atoms with Crippen molar-refractivity contribution < 1.29 is 78.9 Å². The Balaban J connectivity index is 0.00000169. The van der Waals surface area contributed by atoms with Crippen LogP contribution in [0.15, 0.2) is 48.5 Å². The van der Waals surface area contributed by atoms with Crippen molar-refractivity contribution in [3.8, 4) is 0 Å². The van der Waals surface area contributed by atoms with Gasteiger partial charge in [-0.3, -0.25) is 0 Å². The van der Waals surface area contributed by atoms with Gasteiger partial charge >= 0.3 is 59.1 Å². The third-order valence-electron chi connectivity index (χ3n) is 4.31. The zero-order chi connectivity index (χ0) is 17.1. The molecule has 0 N–H and O–H groups in total. The molecule has 0 aromatic heterocycles. The number of rotatable bonds is 6. The monoisotopic (exact) mass is 366 g/mol. The Labute approximate surface area is 196 Å². The van der Waals surface area contributed by atoms with Gasteiger partial charge in [0.1, 0.15) is 0 Å². The normalized spacial score (nSPS) is 10.2. The molecule has 0 radical (unpaired) electrons. The van der Waals surface area contributed by atoms with Crippen molar-refractivity contribution in [1.82, 2.24) is 0 Å². The van der Waals surface area contributed by atoms with E-state index in [9.17, 15) is 19.8 Å². The number of benzene rings is 3. The molecule has 0 saturated carbocycles. The molecule has 4 nitrogen and oxygen atoms in total. The molecule has 3 rings (SSSR count). The summed E-state index contributed by atoms with van der Waals surface area (Å²) in [5, 5.41) is 25.7. The first-order valence-corrected chi connectivity index (χ1v) is 7.89. The smallest absolute Gasteiger partial charge is 0.550 e. The third kappa shape index (κ3) is 5.10. The topological polar surface area (TPSA) is 80.3 Å². The molecule has 0 atom stereocenters. The Bertz CT molecular complexity index is 805. The maximum absolute atomic E-state index is 10.9. The van der Waals surface area contributed by atoms with Gasteiger partial charge in [0.25, 0.3) is 0 Å². The zero-order valence-corrected chi connectivity index (χ0v) is 19.1. The van der Waals surface area contributed by atoms with Gasteiger partial charge in [-0.2, -0.15) is 0 Å². The van der Waals surface area contributed by atoms with Crippen molar-refractivity contribution in [2.24, 2.45) is 0 Å². The van der Waals surface area contributed by atoms with E-state index in [4.69, 9.17) is 0 Å². The van der Waals surface area contributed by atoms with E-state index in [0.717, 1.165) is 32.7 Å². The number of hydrogen-bond donors (Lipinski definition) is 0. The minimum atomic E-state index is -1.08. The first-order valence-electron chi connectivity index (χ1n) is 7.89. The van der Waals surface area contributed by atoms with Crippen LogP contribution < -0.4 is 69.3 Å². The third-order valence-corrected chi connectivity index (χ3v) is 4.31. The van der Waals surface area contributed by atoms with Gasteiger partial charge in [0.05, 0.1) is 0 Å². The SMILES string of the molecule is O=C([O-])CCc1c2ccccc2c(CCC(=O)[O-])c2ccccc12.[Na+].[Na+]. The van der Waals surface area contributed by atoms with E-state index >= 15 is 0 Å².